The average molecular weight is 207 g/mol. The number of carboxylic acid groups (broad SMARTS) is 1. The number of rotatable bonds is 3. The van der Waals surface area contributed by atoms with Crippen LogP contribution < -0.4 is 0 Å². The summed E-state index contributed by atoms with van der Waals surface area (Å²) in [6.45, 7) is 4.92. The molecule has 0 fully saturated rings. The van der Waals surface area contributed by atoms with Crippen molar-refractivity contribution in [3.63, 3.8) is 0 Å². The van der Waals surface area contributed by atoms with E-state index in [4.69, 9.17) is 5.11 Å². The Morgan fingerprint density at radius 3 is 2.40 bits per heavy atom. The van der Waals surface area contributed by atoms with Crippen LogP contribution >= 0.6 is 0 Å². The van der Waals surface area contributed by atoms with Gasteiger partial charge in [0.2, 0.25) is 0 Å². The van der Waals surface area contributed by atoms with Crippen molar-refractivity contribution in [3.8, 4) is 0 Å². The standard InChI is InChI=1S/C11H13NO3/c1-7(13)11(2,3)9-6-4-5-8(12-9)10(14)15/h4-6H,1-3H3,(H,14,15). The summed E-state index contributed by atoms with van der Waals surface area (Å²) >= 11 is 0. The van der Waals surface area contributed by atoms with E-state index in [1.807, 2.05) is 0 Å². The Hall–Kier alpha value is -1.71. The van der Waals surface area contributed by atoms with Crippen molar-refractivity contribution in [1.29, 1.82) is 0 Å². The summed E-state index contributed by atoms with van der Waals surface area (Å²) in [6.07, 6.45) is 0. The van der Waals surface area contributed by atoms with Gasteiger partial charge in [-0.1, -0.05) is 6.07 Å². The summed E-state index contributed by atoms with van der Waals surface area (Å²) < 4.78 is 0. The molecule has 0 unspecified atom stereocenters. The fraction of sp³-hybridized carbons (Fsp3) is 0.364. The van der Waals surface area contributed by atoms with Gasteiger partial charge in [0.05, 0.1) is 11.1 Å². The van der Waals surface area contributed by atoms with Crippen molar-refractivity contribution in [1.82, 2.24) is 4.98 Å². The number of ketones is 1. The van der Waals surface area contributed by atoms with Gasteiger partial charge in [0, 0.05) is 0 Å². The molecule has 1 N–H and O–H groups in total. The normalized spacial score (nSPS) is 11.1. The second-order valence-corrected chi connectivity index (χ2v) is 3.89. The van der Waals surface area contributed by atoms with Crippen LogP contribution in [-0.2, 0) is 10.2 Å². The van der Waals surface area contributed by atoms with Crippen molar-refractivity contribution < 1.29 is 14.7 Å². The Morgan fingerprint density at radius 2 is 1.93 bits per heavy atom. The summed E-state index contributed by atoms with van der Waals surface area (Å²) in [5, 5.41) is 8.77. The van der Waals surface area contributed by atoms with Crippen molar-refractivity contribution in [2.75, 3.05) is 0 Å². The molecule has 0 bridgehead atoms. The Kier molecular flexibility index (Phi) is 2.88. The zero-order valence-corrected chi connectivity index (χ0v) is 8.94. The first kappa shape index (κ1) is 11.4. The maximum atomic E-state index is 11.4. The van der Waals surface area contributed by atoms with Crippen molar-refractivity contribution >= 4 is 11.8 Å². The van der Waals surface area contributed by atoms with E-state index in [1.165, 1.54) is 13.0 Å². The van der Waals surface area contributed by atoms with Crippen LogP contribution in [0, 0.1) is 0 Å². The first-order chi connectivity index (χ1) is 6.85. The number of carbonyl (C=O) groups excluding carboxylic acids is 1. The van der Waals surface area contributed by atoms with Crippen LogP contribution in [-0.4, -0.2) is 21.8 Å². The highest BCUT2D eigenvalue weighted by Crippen LogP contribution is 2.22. The number of Topliss-reactive ketones (excluding diaryl/α,β-unsaturated/α-hetero) is 1. The largest absolute Gasteiger partial charge is 0.477 e. The minimum Gasteiger partial charge on any atom is -0.477 e. The van der Waals surface area contributed by atoms with Crippen LogP contribution in [0.25, 0.3) is 0 Å². The number of hydrogen-bond acceptors (Lipinski definition) is 3. The smallest absolute Gasteiger partial charge is 0.354 e. The summed E-state index contributed by atoms with van der Waals surface area (Å²) in [5.74, 6) is -1.13. The van der Waals surface area contributed by atoms with Crippen molar-refractivity contribution in [2.24, 2.45) is 0 Å². The molecule has 0 saturated carbocycles. The maximum Gasteiger partial charge on any atom is 0.354 e. The van der Waals surface area contributed by atoms with E-state index in [-0.39, 0.29) is 11.5 Å². The van der Waals surface area contributed by atoms with E-state index in [0.717, 1.165) is 0 Å². The molecule has 1 rings (SSSR count). The lowest BCUT2D eigenvalue weighted by atomic mass is 9.85. The fourth-order valence-corrected chi connectivity index (χ4v) is 1.08. The number of aromatic nitrogens is 1. The van der Waals surface area contributed by atoms with Crippen molar-refractivity contribution in [2.45, 2.75) is 26.2 Å². The topological polar surface area (TPSA) is 67.3 Å². The molecule has 0 amide bonds. The number of hydrogen-bond donors (Lipinski definition) is 1. The molecule has 1 aromatic heterocycles. The average Bonchev–Trinajstić information content (AvgIpc) is 2.17. The second-order valence-electron chi connectivity index (χ2n) is 3.89. The Labute approximate surface area is 88.0 Å². The number of pyridine rings is 1. The minimum atomic E-state index is -1.09. The van der Waals surface area contributed by atoms with Crippen LogP contribution in [0.1, 0.15) is 37.0 Å². The molecule has 15 heavy (non-hydrogen) atoms. The predicted molar refractivity (Wildman–Crippen MR) is 54.9 cm³/mol. The van der Waals surface area contributed by atoms with Gasteiger partial charge in [-0.15, -0.1) is 0 Å². The van der Waals surface area contributed by atoms with Gasteiger partial charge < -0.3 is 5.11 Å². The minimum absolute atomic E-state index is 0.0400. The number of carboxylic acids is 1. The van der Waals surface area contributed by atoms with Gasteiger partial charge in [0.1, 0.15) is 11.5 Å². The summed E-state index contributed by atoms with van der Waals surface area (Å²) in [7, 11) is 0. The van der Waals surface area contributed by atoms with Gasteiger partial charge in [-0.3, -0.25) is 4.79 Å². The number of aromatic carboxylic acids is 1. The van der Waals surface area contributed by atoms with Gasteiger partial charge in [-0.25, -0.2) is 9.78 Å². The molecule has 4 nitrogen and oxygen atoms in total. The molecular weight excluding hydrogens is 194 g/mol. The van der Waals surface area contributed by atoms with E-state index in [0.29, 0.717) is 5.69 Å². The molecule has 0 radical (unpaired) electrons. The molecule has 1 aromatic rings. The molecule has 0 aromatic carbocycles. The van der Waals surface area contributed by atoms with Crippen LogP contribution in [0.4, 0.5) is 0 Å². The monoisotopic (exact) mass is 207 g/mol. The van der Waals surface area contributed by atoms with Gasteiger partial charge in [-0.2, -0.15) is 0 Å². The van der Waals surface area contributed by atoms with Crippen LogP contribution in [0.2, 0.25) is 0 Å². The number of nitrogens with zero attached hydrogens (tertiary/aromatic N) is 1. The summed E-state index contributed by atoms with van der Waals surface area (Å²) in [5.41, 5.74) is -0.303. The highest BCUT2D eigenvalue weighted by Gasteiger charge is 2.28. The third-order valence-electron chi connectivity index (χ3n) is 2.49. The Balaban J connectivity index is 3.21. The fourth-order valence-electron chi connectivity index (χ4n) is 1.08. The van der Waals surface area contributed by atoms with Crippen molar-refractivity contribution in [3.05, 3.63) is 29.6 Å². The van der Waals surface area contributed by atoms with E-state index in [2.05, 4.69) is 4.98 Å². The summed E-state index contributed by atoms with van der Waals surface area (Å²) in [6, 6.07) is 4.66. The molecule has 1 heterocycles. The zero-order chi connectivity index (χ0) is 11.6. The molecule has 0 aliphatic rings. The maximum absolute atomic E-state index is 11.4. The van der Waals surface area contributed by atoms with E-state index >= 15 is 0 Å². The Bertz CT molecular complexity index is 410. The lowest BCUT2D eigenvalue weighted by Gasteiger charge is -2.20. The van der Waals surface area contributed by atoms with Crippen LogP contribution in [0.5, 0.6) is 0 Å². The first-order valence-electron chi connectivity index (χ1n) is 4.57. The van der Waals surface area contributed by atoms with E-state index in [1.54, 1.807) is 26.0 Å². The molecule has 0 spiro atoms. The van der Waals surface area contributed by atoms with E-state index < -0.39 is 11.4 Å². The van der Waals surface area contributed by atoms with Gasteiger partial charge in [-0.05, 0) is 32.9 Å². The van der Waals surface area contributed by atoms with Gasteiger partial charge >= 0.3 is 5.97 Å². The van der Waals surface area contributed by atoms with Crippen LogP contribution in [0.15, 0.2) is 18.2 Å². The zero-order valence-electron chi connectivity index (χ0n) is 8.94. The predicted octanol–water partition coefficient (Wildman–Crippen LogP) is 1.65. The Morgan fingerprint density at radius 1 is 1.33 bits per heavy atom. The number of carbonyl (C=O) groups is 2. The molecule has 0 atom stereocenters. The van der Waals surface area contributed by atoms with Gasteiger partial charge in [0.15, 0.2) is 0 Å². The quantitative estimate of drug-likeness (QED) is 0.818. The summed E-state index contributed by atoms with van der Waals surface area (Å²) in [4.78, 5) is 26.0. The second kappa shape index (κ2) is 3.81. The lowest BCUT2D eigenvalue weighted by Crippen LogP contribution is -2.28. The molecule has 0 saturated heterocycles. The molecular formula is C11H13NO3. The molecule has 0 aliphatic carbocycles. The highest BCUT2D eigenvalue weighted by atomic mass is 16.4. The SMILES string of the molecule is CC(=O)C(C)(C)c1cccc(C(=O)O)n1. The highest BCUT2D eigenvalue weighted by molar-refractivity contribution is 5.88. The molecule has 80 valence electrons. The molecule has 4 heteroatoms. The molecule has 0 aliphatic heterocycles. The third kappa shape index (κ3) is 2.21. The van der Waals surface area contributed by atoms with Gasteiger partial charge in [0.25, 0.3) is 0 Å². The van der Waals surface area contributed by atoms with E-state index in [9.17, 15) is 9.59 Å². The third-order valence-corrected chi connectivity index (χ3v) is 2.49. The first-order valence-corrected chi connectivity index (χ1v) is 4.57. The lowest BCUT2D eigenvalue weighted by molar-refractivity contribution is -0.121. The van der Waals surface area contributed by atoms with Crippen LogP contribution in [0.3, 0.4) is 0 Å².